The van der Waals surface area contributed by atoms with E-state index in [1.165, 1.54) is 11.3 Å². The van der Waals surface area contributed by atoms with Gasteiger partial charge in [0.1, 0.15) is 16.8 Å². The Morgan fingerprint density at radius 3 is 2.77 bits per heavy atom. The first-order valence-corrected chi connectivity index (χ1v) is 8.49. The Morgan fingerprint density at radius 2 is 2.23 bits per heavy atom. The van der Waals surface area contributed by atoms with Crippen molar-refractivity contribution in [2.75, 3.05) is 13.2 Å². The van der Waals surface area contributed by atoms with Gasteiger partial charge < -0.3 is 15.2 Å². The Hall–Kier alpha value is -1.47. The lowest BCUT2D eigenvalue weighted by molar-refractivity contribution is -0.149. The number of carboxylic acids is 1. The number of amides is 1. The standard InChI is InChI=1S/C15H22N2O4S/c1-3-15(4-2,14(19)20)9-16-12(18)10-8-22-13(17-10)11-6-5-7-21-11/h8,11H,3-7,9H2,1-2H3,(H,16,18)(H,19,20). The van der Waals surface area contributed by atoms with Crippen LogP contribution in [0.4, 0.5) is 0 Å². The molecule has 1 fully saturated rings. The number of aromatic nitrogens is 1. The first kappa shape index (κ1) is 16.9. The third-order valence-corrected chi connectivity index (χ3v) is 5.29. The number of hydrogen-bond acceptors (Lipinski definition) is 5. The summed E-state index contributed by atoms with van der Waals surface area (Å²) >= 11 is 1.41. The lowest BCUT2D eigenvalue weighted by Gasteiger charge is -2.26. The van der Waals surface area contributed by atoms with Crippen molar-refractivity contribution in [1.29, 1.82) is 0 Å². The van der Waals surface area contributed by atoms with Gasteiger partial charge in [0.2, 0.25) is 0 Å². The van der Waals surface area contributed by atoms with E-state index >= 15 is 0 Å². The second-order valence-electron chi connectivity index (χ2n) is 5.55. The van der Waals surface area contributed by atoms with E-state index in [-0.39, 0.29) is 18.6 Å². The Morgan fingerprint density at radius 1 is 1.50 bits per heavy atom. The van der Waals surface area contributed by atoms with Gasteiger partial charge in [-0.25, -0.2) is 4.98 Å². The molecule has 1 saturated heterocycles. The number of carboxylic acid groups (broad SMARTS) is 1. The summed E-state index contributed by atoms with van der Waals surface area (Å²) < 4.78 is 5.55. The van der Waals surface area contributed by atoms with Crippen molar-refractivity contribution in [3.8, 4) is 0 Å². The van der Waals surface area contributed by atoms with Gasteiger partial charge in [-0.3, -0.25) is 9.59 Å². The van der Waals surface area contributed by atoms with Crippen molar-refractivity contribution < 1.29 is 19.4 Å². The van der Waals surface area contributed by atoms with E-state index < -0.39 is 11.4 Å². The van der Waals surface area contributed by atoms with E-state index in [2.05, 4.69) is 10.3 Å². The maximum absolute atomic E-state index is 12.2. The van der Waals surface area contributed by atoms with Crippen molar-refractivity contribution in [3.05, 3.63) is 16.1 Å². The summed E-state index contributed by atoms with van der Waals surface area (Å²) in [6.45, 7) is 4.49. The van der Waals surface area contributed by atoms with E-state index in [4.69, 9.17) is 4.74 Å². The molecule has 1 unspecified atom stereocenters. The summed E-state index contributed by atoms with van der Waals surface area (Å²) in [5.41, 5.74) is -0.578. The molecule has 1 atom stereocenters. The average molecular weight is 326 g/mol. The summed E-state index contributed by atoms with van der Waals surface area (Å²) in [6.07, 6.45) is 2.88. The number of nitrogens with one attached hydrogen (secondary N) is 1. The largest absolute Gasteiger partial charge is 0.481 e. The number of rotatable bonds is 7. The molecule has 1 aromatic rings. The van der Waals surface area contributed by atoms with Crippen LogP contribution in [0.25, 0.3) is 0 Å². The molecule has 0 aromatic carbocycles. The van der Waals surface area contributed by atoms with Crippen LogP contribution in [0.15, 0.2) is 5.38 Å². The number of carbonyl (C=O) groups excluding carboxylic acids is 1. The third-order valence-electron chi connectivity index (χ3n) is 4.35. The van der Waals surface area contributed by atoms with Crippen LogP contribution in [-0.2, 0) is 9.53 Å². The molecule has 6 nitrogen and oxygen atoms in total. The fourth-order valence-electron chi connectivity index (χ4n) is 2.53. The minimum Gasteiger partial charge on any atom is -0.481 e. The predicted octanol–water partition coefficient (Wildman–Crippen LogP) is 2.62. The van der Waals surface area contributed by atoms with Crippen LogP contribution in [0.3, 0.4) is 0 Å². The second kappa shape index (κ2) is 7.19. The van der Waals surface area contributed by atoms with Crippen molar-refractivity contribution in [3.63, 3.8) is 0 Å². The van der Waals surface area contributed by atoms with Gasteiger partial charge in [-0.2, -0.15) is 0 Å². The maximum atomic E-state index is 12.2. The molecule has 2 rings (SSSR count). The van der Waals surface area contributed by atoms with Gasteiger partial charge in [0.25, 0.3) is 5.91 Å². The molecule has 1 amide bonds. The lowest BCUT2D eigenvalue weighted by Crippen LogP contribution is -2.42. The SMILES string of the molecule is CCC(CC)(CNC(=O)c1csc(C2CCCO2)n1)C(=O)O. The Labute approximate surface area is 133 Å². The first-order chi connectivity index (χ1) is 10.5. The minimum atomic E-state index is -0.914. The Balaban J connectivity index is 1.98. The number of carbonyl (C=O) groups is 2. The number of ether oxygens (including phenoxy) is 1. The smallest absolute Gasteiger partial charge is 0.311 e. The van der Waals surface area contributed by atoms with Gasteiger partial charge in [-0.1, -0.05) is 13.8 Å². The molecule has 22 heavy (non-hydrogen) atoms. The molecule has 0 saturated carbocycles. The summed E-state index contributed by atoms with van der Waals surface area (Å²) in [4.78, 5) is 27.9. The molecule has 7 heteroatoms. The van der Waals surface area contributed by atoms with E-state index in [9.17, 15) is 14.7 Å². The van der Waals surface area contributed by atoms with Crippen molar-refractivity contribution in [2.24, 2.45) is 5.41 Å². The Bertz CT molecular complexity index is 533. The quantitative estimate of drug-likeness (QED) is 0.804. The minimum absolute atomic E-state index is 0.00376. The van der Waals surface area contributed by atoms with Gasteiger partial charge in [0.05, 0.1) is 5.41 Å². The summed E-state index contributed by atoms with van der Waals surface area (Å²) in [5, 5.41) is 14.6. The zero-order chi connectivity index (χ0) is 16.2. The molecule has 1 aliphatic heterocycles. The fraction of sp³-hybridized carbons (Fsp3) is 0.667. The average Bonchev–Trinajstić information content (AvgIpc) is 3.19. The highest BCUT2D eigenvalue weighted by Gasteiger charge is 2.35. The van der Waals surface area contributed by atoms with Crippen LogP contribution in [-0.4, -0.2) is 35.1 Å². The van der Waals surface area contributed by atoms with E-state index in [0.717, 1.165) is 24.5 Å². The van der Waals surface area contributed by atoms with Crippen LogP contribution in [0.2, 0.25) is 0 Å². The summed E-state index contributed by atoms with van der Waals surface area (Å²) in [7, 11) is 0. The van der Waals surface area contributed by atoms with Gasteiger partial charge in [0, 0.05) is 18.5 Å². The molecule has 2 heterocycles. The van der Waals surface area contributed by atoms with E-state index in [0.29, 0.717) is 18.5 Å². The highest BCUT2D eigenvalue weighted by molar-refractivity contribution is 7.09. The zero-order valence-electron chi connectivity index (χ0n) is 12.9. The van der Waals surface area contributed by atoms with Crippen LogP contribution in [0.5, 0.6) is 0 Å². The molecule has 0 spiro atoms. The van der Waals surface area contributed by atoms with Gasteiger partial charge >= 0.3 is 5.97 Å². The summed E-state index contributed by atoms with van der Waals surface area (Å²) in [6, 6.07) is 0. The summed E-state index contributed by atoms with van der Waals surface area (Å²) in [5.74, 6) is -1.20. The van der Waals surface area contributed by atoms with Crippen LogP contribution in [0.1, 0.15) is 61.1 Å². The Kier molecular flexibility index (Phi) is 5.52. The van der Waals surface area contributed by atoms with Gasteiger partial charge in [-0.05, 0) is 25.7 Å². The molecule has 1 aliphatic rings. The molecule has 0 radical (unpaired) electrons. The number of thiazole rings is 1. The molecule has 0 aliphatic carbocycles. The molecular weight excluding hydrogens is 304 g/mol. The highest BCUT2D eigenvalue weighted by atomic mass is 32.1. The van der Waals surface area contributed by atoms with Crippen molar-refractivity contribution in [1.82, 2.24) is 10.3 Å². The fourth-order valence-corrected chi connectivity index (χ4v) is 3.41. The van der Waals surface area contributed by atoms with Crippen LogP contribution < -0.4 is 5.32 Å². The molecule has 0 bridgehead atoms. The normalized spacial score (nSPS) is 18.4. The highest BCUT2D eigenvalue weighted by Crippen LogP contribution is 2.30. The van der Waals surface area contributed by atoms with Crippen LogP contribution >= 0.6 is 11.3 Å². The third kappa shape index (κ3) is 3.47. The second-order valence-corrected chi connectivity index (χ2v) is 6.44. The number of aliphatic carboxylic acids is 1. The monoisotopic (exact) mass is 326 g/mol. The lowest BCUT2D eigenvalue weighted by atomic mass is 9.82. The van der Waals surface area contributed by atoms with Gasteiger partial charge in [-0.15, -0.1) is 11.3 Å². The zero-order valence-corrected chi connectivity index (χ0v) is 13.7. The predicted molar refractivity (Wildman–Crippen MR) is 83.0 cm³/mol. The van der Waals surface area contributed by atoms with E-state index in [1.807, 2.05) is 13.8 Å². The van der Waals surface area contributed by atoms with Gasteiger partial charge in [0.15, 0.2) is 0 Å². The molecule has 2 N–H and O–H groups in total. The van der Waals surface area contributed by atoms with E-state index in [1.54, 1.807) is 5.38 Å². The van der Waals surface area contributed by atoms with Crippen molar-refractivity contribution >= 4 is 23.2 Å². The number of nitrogens with zero attached hydrogens (tertiary/aromatic N) is 1. The van der Waals surface area contributed by atoms with Crippen LogP contribution in [0, 0.1) is 5.41 Å². The van der Waals surface area contributed by atoms with Crippen molar-refractivity contribution in [2.45, 2.75) is 45.6 Å². The number of hydrogen-bond donors (Lipinski definition) is 2. The molecule has 1 aromatic heterocycles. The first-order valence-electron chi connectivity index (χ1n) is 7.61. The topological polar surface area (TPSA) is 88.5 Å². The maximum Gasteiger partial charge on any atom is 0.311 e. The molecule has 122 valence electrons. The molecular formula is C15H22N2O4S.